The molecule has 0 aromatic carbocycles. The number of aliphatic hydroxyl groups excluding tert-OH is 1. The van der Waals surface area contributed by atoms with Crippen LogP contribution in [-0.4, -0.2) is 31.1 Å². The predicted molar refractivity (Wildman–Crippen MR) is 79.2 cm³/mol. The highest BCUT2D eigenvalue weighted by Gasteiger charge is 2.02. The molecule has 0 aliphatic rings. The molecule has 0 aliphatic heterocycles. The molecule has 0 saturated heterocycles. The summed E-state index contributed by atoms with van der Waals surface area (Å²) in [6.07, 6.45) is 8.96. The van der Waals surface area contributed by atoms with Gasteiger partial charge in [-0.05, 0) is 18.8 Å². The molecule has 0 spiro atoms. The summed E-state index contributed by atoms with van der Waals surface area (Å²) in [6, 6.07) is 0. The third-order valence-electron chi connectivity index (χ3n) is 3.21. The summed E-state index contributed by atoms with van der Waals surface area (Å²) in [4.78, 5) is 0. The molecule has 2 nitrogen and oxygen atoms in total. The minimum atomic E-state index is -1.01. The van der Waals surface area contributed by atoms with Crippen LogP contribution in [0, 0.1) is 5.92 Å². The second-order valence-corrected chi connectivity index (χ2v) is 5.87. The first-order valence-corrected chi connectivity index (χ1v) is 7.99. The third kappa shape index (κ3) is 15.8. The molecule has 0 aliphatic carbocycles. The zero-order valence-corrected chi connectivity index (χ0v) is 12.9. The Balaban J connectivity index is 2.99. The van der Waals surface area contributed by atoms with Gasteiger partial charge in [0.2, 0.25) is 0 Å². The standard InChI is InChI=1S/C16H33FO2/c1-15(2)14-19-12-10-8-6-4-3-5-7-9-11-16(17)13-18/h15-16,18H,3-14H2,1-2H3. The van der Waals surface area contributed by atoms with Gasteiger partial charge in [0.1, 0.15) is 6.17 Å². The Bertz CT molecular complexity index is 174. The summed E-state index contributed by atoms with van der Waals surface area (Å²) >= 11 is 0. The SMILES string of the molecule is CC(C)COCCCCCCCCCCC(F)CO. The Labute approximate surface area is 118 Å². The average molecular weight is 276 g/mol. The fourth-order valence-electron chi connectivity index (χ4n) is 2.04. The first-order chi connectivity index (χ1) is 9.16. The lowest BCUT2D eigenvalue weighted by Crippen LogP contribution is -2.04. The zero-order chi connectivity index (χ0) is 14.3. The molecule has 0 fully saturated rings. The highest BCUT2D eigenvalue weighted by Crippen LogP contribution is 2.11. The van der Waals surface area contributed by atoms with E-state index in [1.165, 1.54) is 38.5 Å². The van der Waals surface area contributed by atoms with Gasteiger partial charge in [-0.25, -0.2) is 4.39 Å². The maximum atomic E-state index is 12.7. The van der Waals surface area contributed by atoms with Gasteiger partial charge in [-0.1, -0.05) is 58.8 Å². The van der Waals surface area contributed by atoms with Gasteiger partial charge in [0.15, 0.2) is 0 Å². The van der Waals surface area contributed by atoms with Crippen LogP contribution in [0.15, 0.2) is 0 Å². The van der Waals surface area contributed by atoms with E-state index < -0.39 is 6.17 Å². The lowest BCUT2D eigenvalue weighted by atomic mass is 10.1. The Morgan fingerprint density at radius 1 is 0.895 bits per heavy atom. The lowest BCUT2D eigenvalue weighted by Gasteiger charge is -2.06. The summed E-state index contributed by atoms with van der Waals surface area (Å²) in [5.74, 6) is 0.634. The quantitative estimate of drug-likeness (QED) is 0.473. The van der Waals surface area contributed by atoms with E-state index in [-0.39, 0.29) is 6.61 Å². The Hall–Kier alpha value is -0.150. The van der Waals surface area contributed by atoms with E-state index in [4.69, 9.17) is 9.84 Å². The number of rotatable bonds is 14. The largest absolute Gasteiger partial charge is 0.393 e. The van der Waals surface area contributed by atoms with Crippen molar-refractivity contribution in [1.82, 2.24) is 0 Å². The van der Waals surface area contributed by atoms with Gasteiger partial charge >= 0.3 is 0 Å². The number of hydrogen-bond acceptors (Lipinski definition) is 2. The van der Waals surface area contributed by atoms with E-state index in [1.807, 2.05) is 0 Å². The monoisotopic (exact) mass is 276 g/mol. The zero-order valence-electron chi connectivity index (χ0n) is 12.9. The van der Waals surface area contributed by atoms with Gasteiger partial charge in [-0.3, -0.25) is 0 Å². The highest BCUT2D eigenvalue weighted by molar-refractivity contribution is 4.54. The van der Waals surface area contributed by atoms with E-state index >= 15 is 0 Å². The van der Waals surface area contributed by atoms with Crippen LogP contribution in [0.25, 0.3) is 0 Å². The van der Waals surface area contributed by atoms with Crippen LogP contribution in [0.3, 0.4) is 0 Å². The van der Waals surface area contributed by atoms with E-state index in [9.17, 15) is 4.39 Å². The van der Waals surface area contributed by atoms with E-state index in [1.54, 1.807) is 0 Å². The molecule has 0 radical (unpaired) electrons. The predicted octanol–water partition coefficient (Wildman–Crippen LogP) is 4.50. The fraction of sp³-hybridized carbons (Fsp3) is 1.00. The van der Waals surface area contributed by atoms with Crippen molar-refractivity contribution >= 4 is 0 Å². The molecular weight excluding hydrogens is 243 g/mol. The van der Waals surface area contributed by atoms with Crippen LogP contribution in [0.4, 0.5) is 4.39 Å². The number of hydrogen-bond donors (Lipinski definition) is 1. The second kappa shape index (κ2) is 14.3. The molecule has 0 amide bonds. The molecule has 1 unspecified atom stereocenters. The number of ether oxygens (including phenoxy) is 1. The van der Waals surface area contributed by atoms with E-state index in [2.05, 4.69) is 13.8 Å². The van der Waals surface area contributed by atoms with Gasteiger partial charge < -0.3 is 9.84 Å². The van der Waals surface area contributed by atoms with E-state index in [0.29, 0.717) is 12.3 Å². The van der Waals surface area contributed by atoms with Gasteiger partial charge in [-0.2, -0.15) is 0 Å². The third-order valence-corrected chi connectivity index (χ3v) is 3.21. The first kappa shape index (κ1) is 18.9. The molecule has 0 heterocycles. The van der Waals surface area contributed by atoms with Crippen LogP contribution in [0.5, 0.6) is 0 Å². The van der Waals surface area contributed by atoms with Crippen molar-refractivity contribution in [1.29, 1.82) is 0 Å². The molecular formula is C16H33FO2. The summed E-state index contributed by atoms with van der Waals surface area (Å²) < 4.78 is 18.2. The minimum absolute atomic E-state index is 0.321. The molecule has 0 aromatic rings. The molecule has 1 N–H and O–H groups in total. The molecule has 0 aromatic heterocycles. The van der Waals surface area contributed by atoms with Crippen LogP contribution in [0.1, 0.15) is 71.6 Å². The topological polar surface area (TPSA) is 29.5 Å². The maximum absolute atomic E-state index is 12.7. The number of aliphatic hydroxyl groups is 1. The van der Waals surface area contributed by atoms with Crippen LogP contribution < -0.4 is 0 Å². The Kier molecular flexibility index (Phi) is 14.2. The molecule has 0 bridgehead atoms. The molecule has 116 valence electrons. The van der Waals surface area contributed by atoms with Crippen LogP contribution >= 0.6 is 0 Å². The van der Waals surface area contributed by atoms with Gasteiger partial charge in [0, 0.05) is 13.2 Å². The molecule has 3 heteroatoms. The molecule has 0 rings (SSSR count). The Morgan fingerprint density at radius 3 is 1.95 bits per heavy atom. The fourth-order valence-corrected chi connectivity index (χ4v) is 2.04. The number of halogens is 1. The summed E-state index contributed by atoms with van der Waals surface area (Å²) in [7, 11) is 0. The number of unbranched alkanes of at least 4 members (excludes halogenated alkanes) is 7. The van der Waals surface area contributed by atoms with E-state index in [0.717, 1.165) is 26.1 Å². The molecule has 0 saturated carbocycles. The normalized spacial score (nSPS) is 13.1. The van der Waals surface area contributed by atoms with Crippen molar-refractivity contribution in [3.8, 4) is 0 Å². The van der Waals surface area contributed by atoms with Crippen LogP contribution in [0.2, 0.25) is 0 Å². The second-order valence-electron chi connectivity index (χ2n) is 5.87. The lowest BCUT2D eigenvalue weighted by molar-refractivity contribution is 0.106. The summed E-state index contributed by atoms with van der Waals surface area (Å²) in [6.45, 7) is 5.80. The summed E-state index contributed by atoms with van der Waals surface area (Å²) in [5.41, 5.74) is 0. The van der Waals surface area contributed by atoms with Crippen molar-refractivity contribution in [2.45, 2.75) is 77.8 Å². The first-order valence-electron chi connectivity index (χ1n) is 7.99. The van der Waals surface area contributed by atoms with Crippen molar-refractivity contribution < 1.29 is 14.2 Å². The van der Waals surface area contributed by atoms with Crippen molar-refractivity contribution in [3.05, 3.63) is 0 Å². The number of alkyl halides is 1. The average Bonchev–Trinajstić information content (AvgIpc) is 2.39. The minimum Gasteiger partial charge on any atom is -0.393 e. The summed E-state index contributed by atoms with van der Waals surface area (Å²) in [5, 5.41) is 8.54. The van der Waals surface area contributed by atoms with Crippen LogP contribution in [-0.2, 0) is 4.74 Å². The smallest absolute Gasteiger partial charge is 0.123 e. The van der Waals surface area contributed by atoms with Crippen molar-refractivity contribution in [2.75, 3.05) is 19.8 Å². The van der Waals surface area contributed by atoms with Gasteiger partial charge in [0.25, 0.3) is 0 Å². The molecule has 1 atom stereocenters. The van der Waals surface area contributed by atoms with Crippen molar-refractivity contribution in [3.63, 3.8) is 0 Å². The maximum Gasteiger partial charge on any atom is 0.123 e. The van der Waals surface area contributed by atoms with Crippen molar-refractivity contribution in [2.24, 2.45) is 5.92 Å². The van der Waals surface area contributed by atoms with Gasteiger partial charge in [0.05, 0.1) is 6.61 Å². The highest BCUT2D eigenvalue weighted by atomic mass is 19.1. The molecule has 19 heavy (non-hydrogen) atoms. The Morgan fingerprint density at radius 2 is 1.42 bits per heavy atom. The van der Waals surface area contributed by atoms with Gasteiger partial charge in [-0.15, -0.1) is 0 Å².